The number of nitro groups is 1. The molecule has 0 spiro atoms. The molecule has 2 N–H and O–H groups in total. The van der Waals surface area contributed by atoms with Gasteiger partial charge in [-0.1, -0.05) is 30.3 Å². The third-order valence-corrected chi connectivity index (χ3v) is 4.50. The highest BCUT2D eigenvalue weighted by molar-refractivity contribution is 6.14. The minimum atomic E-state index is -1.26. The van der Waals surface area contributed by atoms with Crippen molar-refractivity contribution in [3.8, 4) is 0 Å². The van der Waals surface area contributed by atoms with E-state index < -0.39 is 16.7 Å². The third kappa shape index (κ3) is 4.67. The molecular formula is C22H17FN2O5. The monoisotopic (exact) mass is 408 g/mol. The lowest BCUT2D eigenvalue weighted by Crippen LogP contribution is -2.11. The van der Waals surface area contributed by atoms with Crippen LogP contribution >= 0.6 is 0 Å². The molecule has 0 bridgehead atoms. The van der Waals surface area contributed by atoms with Crippen molar-refractivity contribution < 1.29 is 24.0 Å². The van der Waals surface area contributed by atoms with Crippen LogP contribution in [0.1, 0.15) is 31.8 Å². The van der Waals surface area contributed by atoms with Gasteiger partial charge in [-0.05, 0) is 42.3 Å². The van der Waals surface area contributed by atoms with Crippen molar-refractivity contribution in [3.05, 3.63) is 105 Å². The fourth-order valence-electron chi connectivity index (χ4n) is 2.99. The van der Waals surface area contributed by atoms with Crippen molar-refractivity contribution in [1.82, 2.24) is 0 Å². The minimum Gasteiger partial charge on any atom is -0.478 e. The molecule has 152 valence electrons. The zero-order chi connectivity index (χ0) is 21.7. The molecule has 0 amide bonds. The number of hydrogen-bond acceptors (Lipinski definition) is 5. The van der Waals surface area contributed by atoms with Gasteiger partial charge in [0.1, 0.15) is 11.5 Å². The Hall–Kier alpha value is -4.07. The first-order valence-corrected chi connectivity index (χ1v) is 9.00. The van der Waals surface area contributed by atoms with Gasteiger partial charge in [-0.3, -0.25) is 14.9 Å². The summed E-state index contributed by atoms with van der Waals surface area (Å²) in [5.74, 6) is -2.21. The number of carboxylic acids is 1. The van der Waals surface area contributed by atoms with E-state index in [4.69, 9.17) is 0 Å². The van der Waals surface area contributed by atoms with E-state index in [1.165, 1.54) is 48.5 Å². The number of nitrogens with zero attached hydrogens (tertiary/aromatic N) is 1. The smallest absolute Gasteiger partial charge is 0.336 e. The molecule has 0 heterocycles. The molecule has 0 aromatic heterocycles. The molecule has 3 rings (SSSR count). The highest BCUT2D eigenvalue weighted by Crippen LogP contribution is 2.27. The number of benzene rings is 3. The Balaban J connectivity index is 1.81. The molecule has 0 aliphatic heterocycles. The van der Waals surface area contributed by atoms with Crippen molar-refractivity contribution in [3.63, 3.8) is 0 Å². The van der Waals surface area contributed by atoms with E-state index >= 15 is 0 Å². The topological polar surface area (TPSA) is 110 Å². The van der Waals surface area contributed by atoms with Gasteiger partial charge < -0.3 is 10.4 Å². The quantitative estimate of drug-likeness (QED) is 0.326. The van der Waals surface area contributed by atoms with E-state index in [0.29, 0.717) is 13.0 Å². The summed E-state index contributed by atoms with van der Waals surface area (Å²) in [6.45, 7) is 0.363. The van der Waals surface area contributed by atoms with Crippen LogP contribution in [0.3, 0.4) is 0 Å². The van der Waals surface area contributed by atoms with Gasteiger partial charge in [-0.2, -0.15) is 0 Å². The summed E-state index contributed by atoms with van der Waals surface area (Å²) in [7, 11) is 0. The maximum absolute atomic E-state index is 13.0. The number of carboxylic acid groups (broad SMARTS) is 1. The molecule has 0 radical (unpaired) electrons. The molecule has 0 aliphatic carbocycles. The number of carbonyl (C=O) groups is 2. The molecule has 0 saturated heterocycles. The molecule has 0 saturated carbocycles. The molecule has 0 atom stereocenters. The number of aromatic carboxylic acids is 1. The summed E-state index contributed by atoms with van der Waals surface area (Å²) in [6.07, 6.45) is 0.518. The fourth-order valence-corrected chi connectivity index (χ4v) is 2.99. The van der Waals surface area contributed by atoms with Crippen molar-refractivity contribution in [2.24, 2.45) is 0 Å². The SMILES string of the molecule is O=C(O)c1ccccc1C(=O)c1ccc(NCCc2ccc(F)cc2)c([N+](=O)[O-])c1. The van der Waals surface area contributed by atoms with Gasteiger partial charge in [0.05, 0.1) is 10.5 Å². The first-order valence-electron chi connectivity index (χ1n) is 9.00. The summed E-state index contributed by atoms with van der Waals surface area (Å²) >= 11 is 0. The third-order valence-electron chi connectivity index (χ3n) is 4.50. The summed E-state index contributed by atoms with van der Waals surface area (Å²) in [6, 6.07) is 15.6. The summed E-state index contributed by atoms with van der Waals surface area (Å²) < 4.78 is 13.0. The fraction of sp³-hybridized carbons (Fsp3) is 0.0909. The van der Waals surface area contributed by atoms with Crippen LogP contribution in [0.2, 0.25) is 0 Å². The summed E-state index contributed by atoms with van der Waals surface area (Å²) in [5, 5.41) is 23.7. The largest absolute Gasteiger partial charge is 0.478 e. The van der Waals surface area contributed by atoms with E-state index in [1.54, 1.807) is 12.1 Å². The molecule has 0 unspecified atom stereocenters. The number of carbonyl (C=O) groups excluding carboxylic acids is 1. The van der Waals surface area contributed by atoms with Crippen molar-refractivity contribution >= 4 is 23.1 Å². The van der Waals surface area contributed by atoms with E-state index in [1.807, 2.05) is 0 Å². The molecular weight excluding hydrogens is 391 g/mol. The van der Waals surface area contributed by atoms with E-state index in [9.17, 15) is 29.2 Å². The van der Waals surface area contributed by atoms with Crippen LogP contribution in [0.5, 0.6) is 0 Å². The van der Waals surface area contributed by atoms with Crippen LogP contribution < -0.4 is 5.32 Å². The van der Waals surface area contributed by atoms with Gasteiger partial charge in [-0.25, -0.2) is 9.18 Å². The number of nitro benzene ring substituents is 1. The highest BCUT2D eigenvalue weighted by Gasteiger charge is 2.21. The Morgan fingerprint density at radius 1 is 1.00 bits per heavy atom. The average Bonchev–Trinajstić information content (AvgIpc) is 2.74. The van der Waals surface area contributed by atoms with Gasteiger partial charge in [0.25, 0.3) is 5.69 Å². The number of ketones is 1. The van der Waals surface area contributed by atoms with Crippen LogP contribution in [0.25, 0.3) is 0 Å². The Labute approximate surface area is 170 Å². The minimum absolute atomic E-state index is 0.0134. The van der Waals surface area contributed by atoms with Crippen LogP contribution in [-0.4, -0.2) is 28.3 Å². The summed E-state index contributed by atoms with van der Waals surface area (Å²) in [5.41, 5.74) is 0.587. The zero-order valence-corrected chi connectivity index (χ0v) is 15.7. The number of rotatable bonds is 8. The molecule has 3 aromatic rings. The Kier molecular flexibility index (Phi) is 6.17. The van der Waals surface area contributed by atoms with Gasteiger partial charge >= 0.3 is 5.97 Å². The predicted octanol–water partition coefficient (Wildman–Crippen LogP) is 4.32. The van der Waals surface area contributed by atoms with E-state index in [2.05, 4.69) is 5.32 Å². The normalized spacial score (nSPS) is 10.4. The molecule has 30 heavy (non-hydrogen) atoms. The molecule has 3 aromatic carbocycles. The standard InChI is InChI=1S/C22H17FN2O5/c23-16-8-5-14(6-9-16)11-12-24-19-10-7-15(13-20(19)25(29)30)21(26)17-3-1-2-4-18(17)22(27)28/h1-10,13,24H,11-12H2,(H,27,28). The number of hydrogen-bond donors (Lipinski definition) is 2. The lowest BCUT2D eigenvalue weighted by atomic mass is 9.97. The van der Waals surface area contributed by atoms with Crippen LogP contribution in [-0.2, 0) is 6.42 Å². The van der Waals surface area contributed by atoms with Crippen LogP contribution in [0.15, 0.2) is 66.7 Å². The zero-order valence-electron chi connectivity index (χ0n) is 15.7. The van der Waals surface area contributed by atoms with Gasteiger partial charge in [-0.15, -0.1) is 0 Å². The number of nitrogens with one attached hydrogen (secondary N) is 1. The predicted molar refractivity (Wildman–Crippen MR) is 109 cm³/mol. The molecule has 0 aliphatic rings. The maximum Gasteiger partial charge on any atom is 0.336 e. The lowest BCUT2D eigenvalue weighted by Gasteiger charge is -2.10. The average molecular weight is 408 g/mol. The Bertz CT molecular complexity index is 1110. The maximum atomic E-state index is 13.0. The second kappa shape index (κ2) is 8.95. The van der Waals surface area contributed by atoms with Crippen molar-refractivity contribution in [2.75, 3.05) is 11.9 Å². The van der Waals surface area contributed by atoms with Crippen molar-refractivity contribution in [1.29, 1.82) is 0 Å². The number of anilines is 1. The Morgan fingerprint density at radius 2 is 1.67 bits per heavy atom. The second-order valence-electron chi connectivity index (χ2n) is 6.47. The van der Waals surface area contributed by atoms with E-state index in [-0.39, 0.29) is 33.9 Å². The molecule has 7 nitrogen and oxygen atoms in total. The van der Waals surface area contributed by atoms with Crippen LogP contribution in [0, 0.1) is 15.9 Å². The van der Waals surface area contributed by atoms with Gasteiger partial charge in [0.2, 0.25) is 0 Å². The summed E-state index contributed by atoms with van der Waals surface area (Å²) in [4.78, 5) is 35.0. The first kappa shape index (κ1) is 20.7. The molecule has 8 heteroatoms. The lowest BCUT2D eigenvalue weighted by molar-refractivity contribution is -0.384. The van der Waals surface area contributed by atoms with Crippen LogP contribution in [0.4, 0.5) is 15.8 Å². The number of halogens is 1. The Morgan fingerprint density at radius 3 is 2.30 bits per heavy atom. The molecule has 0 fully saturated rings. The van der Waals surface area contributed by atoms with E-state index in [0.717, 1.165) is 11.6 Å². The van der Waals surface area contributed by atoms with Crippen molar-refractivity contribution in [2.45, 2.75) is 6.42 Å². The second-order valence-corrected chi connectivity index (χ2v) is 6.47. The van der Waals surface area contributed by atoms with Gasteiger partial charge in [0, 0.05) is 23.7 Å². The first-order chi connectivity index (χ1) is 14.4. The highest BCUT2D eigenvalue weighted by atomic mass is 19.1. The van der Waals surface area contributed by atoms with Gasteiger partial charge in [0.15, 0.2) is 5.78 Å².